The maximum atomic E-state index is 12.4. The van der Waals surface area contributed by atoms with Gasteiger partial charge in [0.1, 0.15) is 5.75 Å². The summed E-state index contributed by atoms with van der Waals surface area (Å²) < 4.78 is 5.62. The van der Waals surface area contributed by atoms with Crippen LogP contribution in [0.1, 0.15) is 52.5 Å². The molecule has 2 aliphatic rings. The Labute approximate surface area is 144 Å². The number of hydrogen-bond acceptors (Lipinski definition) is 3. The third-order valence-corrected chi connectivity index (χ3v) is 4.69. The van der Waals surface area contributed by atoms with E-state index in [-0.39, 0.29) is 23.2 Å². The van der Waals surface area contributed by atoms with Gasteiger partial charge in [0.15, 0.2) is 0 Å². The van der Waals surface area contributed by atoms with Crippen LogP contribution in [0, 0.1) is 0 Å². The minimum absolute atomic E-state index is 0.0167. The molecular formula is C19H29N3O2. The molecular weight excluding hydrogens is 302 g/mol. The van der Waals surface area contributed by atoms with Gasteiger partial charge in [0, 0.05) is 22.8 Å². The number of nitrogens with one attached hydrogen (secondary N) is 3. The third-order valence-electron chi connectivity index (χ3n) is 4.69. The van der Waals surface area contributed by atoms with Gasteiger partial charge in [-0.1, -0.05) is 0 Å². The summed E-state index contributed by atoms with van der Waals surface area (Å²) in [6, 6.07) is 5.90. The highest BCUT2D eigenvalue weighted by atomic mass is 16.5. The summed E-state index contributed by atoms with van der Waals surface area (Å²) >= 11 is 0. The fraction of sp³-hybridized carbons (Fsp3) is 0.632. The highest BCUT2D eigenvalue weighted by molar-refractivity contribution is 5.89. The Hall–Kier alpha value is -1.75. The highest BCUT2D eigenvalue weighted by Gasteiger charge is 2.38. The Morgan fingerprint density at radius 1 is 1.21 bits per heavy atom. The van der Waals surface area contributed by atoms with Gasteiger partial charge in [0.2, 0.25) is 0 Å². The fourth-order valence-electron chi connectivity index (χ4n) is 4.22. The summed E-state index contributed by atoms with van der Waals surface area (Å²) in [5, 5.41) is 9.74. The van der Waals surface area contributed by atoms with Crippen molar-refractivity contribution in [3.8, 4) is 5.75 Å². The van der Waals surface area contributed by atoms with Gasteiger partial charge in [-0.15, -0.1) is 0 Å². The molecule has 5 nitrogen and oxygen atoms in total. The molecule has 24 heavy (non-hydrogen) atoms. The number of aryl methyl sites for hydroxylation is 1. The zero-order valence-electron chi connectivity index (χ0n) is 15.2. The first-order valence-corrected chi connectivity index (χ1v) is 8.85. The predicted octanol–water partition coefficient (Wildman–Crippen LogP) is 3.44. The SMILES string of the molecule is CC1(C)CC(NC(=O)Nc2ccc3c(c2)CCCO3)CC(C)(C)N1. The fourth-order valence-corrected chi connectivity index (χ4v) is 4.22. The molecule has 0 atom stereocenters. The summed E-state index contributed by atoms with van der Waals surface area (Å²) in [6.45, 7) is 9.52. The lowest BCUT2D eigenvalue weighted by molar-refractivity contribution is 0.149. The van der Waals surface area contributed by atoms with Gasteiger partial charge in [-0.3, -0.25) is 0 Å². The Kier molecular flexibility index (Phi) is 4.47. The molecule has 1 fully saturated rings. The summed E-state index contributed by atoms with van der Waals surface area (Å²) in [5.74, 6) is 0.939. The molecule has 0 saturated carbocycles. The molecule has 132 valence electrons. The van der Waals surface area contributed by atoms with Crippen molar-refractivity contribution < 1.29 is 9.53 Å². The average Bonchev–Trinajstić information content (AvgIpc) is 2.43. The maximum absolute atomic E-state index is 12.4. The number of carbonyl (C=O) groups is 1. The molecule has 0 aliphatic carbocycles. The van der Waals surface area contributed by atoms with E-state index in [1.807, 2.05) is 18.2 Å². The lowest BCUT2D eigenvalue weighted by Gasteiger charge is -2.46. The number of urea groups is 1. The lowest BCUT2D eigenvalue weighted by Crippen LogP contribution is -2.62. The molecule has 0 bridgehead atoms. The normalized spacial score (nSPS) is 22.2. The monoisotopic (exact) mass is 331 g/mol. The van der Waals surface area contributed by atoms with Gasteiger partial charge in [-0.2, -0.15) is 0 Å². The molecule has 0 unspecified atom stereocenters. The van der Waals surface area contributed by atoms with Crippen molar-refractivity contribution in [3.63, 3.8) is 0 Å². The van der Waals surface area contributed by atoms with Crippen molar-refractivity contribution in [2.24, 2.45) is 0 Å². The standard InChI is InChI=1S/C19H29N3O2/c1-18(2)11-15(12-19(3,4)22-18)21-17(23)20-14-7-8-16-13(10-14)6-5-9-24-16/h7-8,10,15,22H,5-6,9,11-12H2,1-4H3,(H2,20,21,23). The van der Waals surface area contributed by atoms with Crippen molar-refractivity contribution in [1.82, 2.24) is 10.6 Å². The van der Waals surface area contributed by atoms with Crippen LogP contribution in [0.5, 0.6) is 5.75 Å². The summed E-state index contributed by atoms with van der Waals surface area (Å²) in [4.78, 5) is 12.4. The van der Waals surface area contributed by atoms with E-state index >= 15 is 0 Å². The number of amides is 2. The van der Waals surface area contributed by atoms with Crippen LogP contribution in [-0.2, 0) is 6.42 Å². The first kappa shape index (κ1) is 17.1. The topological polar surface area (TPSA) is 62.4 Å². The Balaban J connectivity index is 1.61. The van der Waals surface area contributed by atoms with Crippen LogP contribution >= 0.6 is 0 Å². The van der Waals surface area contributed by atoms with E-state index < -0.39 is 0 Å². The minimum atomic E-state index is -0.134. The average molecular weight is 331 g/mol. The number of rotatable bonds is 2. The van der Waals surface area contributed by atoms with Crippen molar-refractivity contribution >= 4 is 11.7 Å². The Morgan fingerprint density at radius 3 is 2.62 bits per heavy atom. The number of anilines is 1. The number of piperidine rings is 1. The highest BCUT2D eigenvalue weighted by Crippen LogP contribution is 2.29. The molecule has 0 aromatic heterocycles. The van der Waals surface area contributed by atoms with E-state index in [1.54, 1.807) is 0 Å². The molecule has 3 rings (SSSR count). The third kappa shape index (κ3) is 4.20. The van der Waals surface area contributed by atoms with E-state index in [2.05, 4.69) is 43.6 Å². The van der Waals surface area contributed by atoms with E-state index in [4.69, 9.17) is 4.74 Å². The zero-order chi connectivity index (χ0) is 17.4. The van der Waals surface area contributed by atoms with E-state index in [0.29, 0.717) is 0 Å². The molecule has 1 aromatic rings. The molecule has 5 heteroatoms. The van der Waals surface area contributed by atoms with Crippen molar-refractivity contribution in [3.05, 3.63) is 23.8 Å². The van der Waals surface area contributed by atoms with Crippen LogP contribution < -0.4 is 20.7 Å². The quantitative estimate of drug-likeness (QED) is 0.778. The van der Waals surface area contributed by atoms with Crippen LogP contribution in [0.2, 0.25) is 0 Å². The molecule has 1 aromatic carbocycles. The molecule has 2 heterocycles. The summed E-state index contributed by atoms with van der Waals surface area (Å²) in [7, 11) is 0. The number of fused-ring (bicyclic) bond motifs is 1. The van der Waals surface area contributed by atoms with Crippen molar-refractivity contribution in [1.29, 1.82) is 0 Å². The number of ether oxygens (including phenoxy) is 1. The smallest absolute Gasteiger partial charge is 0.319 e. The van der Waals surface area contributed by atoms with Crippen LogP contribution in [0.3, 0.4) is 0 Å². The van der Waals surface area contributed by atoms with Gasteiger partial charge in [-0.05, 0) is 77.1 Å². The molecule has 2 aliphatic heterocycles. The number of hydrogen-bond donors (Lipinski definition) is 3. The van der Waals surface area contributed by atoms with Crippen LogP contribution in [-0.4, -0.2) is 29.8 Å². The van der Waals surface area contributed by atoms with Crippen LogP contribution in [0.4, 0.5) is 10.5 Å². The van der Waals surface area contributed by atoms with Crippen molar-refractivity contribution in [2.75, 3.05) is 11.9 Å². The summed E-state index contributed by atoms with van der Waals surface area (Å²) in [6.07, 6.45) is 3.87. The van der Waals surface area contributed by atoms with E-state index in [1.165, 1.54) is 5.56 Å². The lowest BCUT2D eigenvalue weighted by atomic mass is 9.80. The van der Waals surface area contributed by atoms with Gasteiger partial charge >= 0.3 is 6.03 Å². The maximum Gasteiger partial charge on any atom is 0.319 e. The molecule has 0 radical (unpaired) electrons. The first-order chi connectivity index (χ1) is 11.2. The molecule has 3 N–H and O–H groups in total. The van der Waals surface area contributed by atoms with Gasteiger partial charge < -0.3 is 20.7 Å². The largest absolute Gasteiger partial charge is 0.493 e. The second kappa shape index (κ2) is 6.28. The van der Waals surface area contributed by atoms with Crippen molar-refractivity contribution in [2.45, 2.75) is 70.5 Å². The number of benzene rings is 1. The minimum Gasteiger partial charge on any atom is -0.493 e. The first-order valence-electron chi connectivity index (χ1n) is 8.85. The van der Waals surface area contributed by atoms with Crippen LogP contribution in [0.25, 0.3) is 0 Å². The molecule has 0 spiro atoms. The second-order valence-corrected chi connectivity index (χ2v) is 8.37. The van der Waals surface area contributed by atoms with Gasteiger partial charge in [0.05, 0.1) is 6.61 Å². The Bertz CT molecular complexity index is 609. The predicted molar refractivity (Wildman–Crippen MR) is 96.7 cm³/mol. The zero-order valence-corrected chi connectivity index (χ0v) is 15.2. The van der Waals surface area contributed by atoms with E-state index in [0.717, 1.165) is 43.7 Å². The van der Waals surface area contributed by atoms with Crippen LogP contribution in [0.15, 0.2) is 18.2 Å². The van der Waals surface area contributed by atoms with Gasteiger partial charge in [-0.25, -0.2) is 4.79 Å². The summed E-state index contributed by atoms with van der Waals surface area (Å²) in [5.41, 5.74) is 2.03. The second-order valence-electron chi connectivity index (χ2n) is 8.37. The molecule has 2 amide bonds. The Morgan fingerprint density at radius 2 is 1.92 bits per heavy atom. The number of carbonyl (C=O) groups excluding carboxylic acids is 1. The van der Waals surface area contributed by atoms with Gasteiger partial charge in [0.25, 0.3) is 0 Å². The molecule has 1 saturated heterocycles. The van der Waals surface area contributed by atoms with E-state index in [9.17, 15) is 4.79 Å².